The number of hydrogen-bond donors (Lipinski definition) is 0. The average Bonchev–Trinajstić information content (AvgIpc) is 2.81. The Morgan fingerprint density at radius 1 is 1.26 bits per heavy atom. The molecule has 1 aromatic carbocycles. The molecule has 102 valence electrons. The van der Waals surface area contributed by atoms with Gasteiger partial charge in [0, 0.05) is 12.0 Å². The zero-order valence-corrected chi connectivity index (χ0v) is 10.2. The Balaban J connectivity index is 2.00. The molecule has 0 amide bonds. The van der Waals surface area contributed by atoms with Gasteiger partial charge in [0.15, 0.2) is 6.23 Å². The maximum Gasteiger partial charge on any atom is 0.416 e. The maximum atomic E-state index is 12.6. The fraction of sp³-hybridized carbons (Fsp3) is 0.462. The predicted molar refractivity (Wildman–Crippen MR) is 63.6 cm³/mol. The summed E-state index contributed by atoms with van der Waals surface area (Å²) < 4.78 is 45.2. The lowest BCUT2D eigenvalue weighted by Crippen LogP contribution is -2.18. The third-order valence-electron chi connectivity index (χ3n) is 3.35. The summed E-state index contributed by atoms with van der Waals surface area (Å²) in [5, 5.41) is 4.66. The van der Waals surface area contributed by atoms with Crippen LogP contribution in [-0.2, 0) is 10.9 Å². The zero-order valence-electron chi connectivity index (χ0n) is 10.2. The summed E-state index contributed by atoms with van der Waals surface area (Å²) in [6.45, 7) is 0.673. The van der Waals surface area contributed by atoms with Gasteiger partial charge in [0.05, 0.1) is 17.3 Å². The molecule has 0 radical (unpaired) electrons. The normalized spacial score (nSPS) is 20.9. The Bertz CT molecular complexity index is 585. The number of nitrogens with zero attached hydrogens (tertiary/aromatic N) is 2. The van der Waals surface area contributed by atoms with Crippen LogP contribution < -0.4 is 0 Å². The topological polar surface area (TPSA) is 27.1 Å². The van der Waals surface area contributed by atoms with Gasteiger partial charge in [-0.1, -0.05) is 0 Å². The van der Waals surface area contributed by atoms with Gasteiger partial charge < -0.3 is 4.74 Å². The molecule has 19 heavy (non-hydrogen) atoms. The largest absolute Gasteiger partial charge is 0.416 e. The van der Waals surface area contributed by atoms with Crippen molar-refractivity contribution in [3.05, 3.63) is 30.0 Å². The van der Waals surface area contributed by atoms with Gasteiger partial charge in [-0.25, -0.2) is 4.68 Å². The predicted octanol–water partition coefficient (Wildman–Crippen LogP) is 3.75. The number of ether oxygens (including phenoxy) is 1. The van der Waals surface area contributed by atoms with Crippen molar-refractivity contribution in [2.24, 2.45) is 0 Å². The van der Waals surface area contributed by atoms with Crippen molar-refractivity contribution in [1.29, 1.82) is 0 Å². The van der Waals surface area contributed by atoms with E-state index in [4.69, 9.17) is 4.74 Å². The van der Waals surface area contributed by atoms with Crippen LogP contribution in [-0.4, -0.2) is 16.4 Å². The summed E-state index contributed by atoms with van der Waals surface area (Å²) in [6.07, 6.45) is -0.110. The second-order valence-electron chi connectivity index (χ2n) is 4.68. The third kappa shape index (κ3) is 2.32. The van der Waals surface area contributed by atoms with E-state index in [-0.39, 0.29) is 6.23 Å². The van der Waals surface area contributed by atoms with Crippen molar-refractivity contribution < 1.29 is 17.9 Å². The van der Waals surface area contributed by atoms with Crippen LogP contribution in [0.4, 0.5) is 13.2 Å². The van der Waals surface area contributed by atoms with Crippen LogP contribution in [0.15, 0.2) is 24.4 Å². The van der Waals surface area contributed by atoms with E-state index >= 15 is 0 Å². The highest BCUT2D eigenvalue weighted by Gasteiger charge is 2.31. The van der Waals surface area contributed by atoms with Crippen molar-refractivity contribution in [1.82, 2.24) is 9.78 Å². The second kappa shape index (κ2) is 4.52. The second-order valence-corrected chi connectivity index (χ2v) is 4.68. The van der Waals surface area contributed by atoms with Gasteiger partial charge in [0.2, 0.25) is 0 Å². The first-order valence-corrected chi connectivity index (χ1v) is 6.22. The zero-order chi connectivity index (χ0) is 13.5. The van der Waals surface area contributed by atoms with E-state index in [0.717, 1.165) is 31.4 Å². The Hall–Kier alpha value is -1.56. The highest BCUT2D eigenvalue weighted by Crippen LogP contribution is 2.32. The number of aromatic nitrogens is 2. The van der Waals surface area contributed by atoms with Crippen molar-refractivity contribution >= 4 is 10.9 Å². The van der Waals surface area contributed by atoms with Crippen LogP contribution in [0.5, 0.6) is 0 Å². The molecule has 3 rings (SSSR count). The number of hydrogen-bond acceptors (Lipinski definition) is 2. The first-order chi connectivity index (χ1) is 9.05. The molecule has 0 N–H and O–H groups in total. The molecule has 6 heteroatoms. The Morgan fingerprint density at radius 2 is 2.11 bits per heavy atom. The van der Waals surface area contributed by atoms with E-state index in [1.165, 1.54) is 12.3 Å². The Morgan fingerprint density at radius 3 is 2.79 bits per heavy atom. The number of halogens is 3. The van der Waals surface area contributed by atoms with E-state index in [9.17, 15) is 13.2 Å². The number of rotatable bonds is 1. The van der Waals surface area contributed by atoms with Crippen molar-refractivity contribution in [2.75, 3.05) is 6.61 Å². The van der Waals surface area contributed by atoms with Gasteiger partial charge in [0.25, 0.3) is 0 Å². The van der Waals surface area contributed by atoms with Crippen LogP contribution in [0.3, 0.4) is 0 Å². The molecule has 1 aliphatic rings. The molecule has 0 spiro atoms. The van der Waals surface area contributed by atoms with E-state index in [1.54, 1.807) is 4.68 Å². The van der Waals surface area contributed by atoms with E-state index in [2.05, 4.69) is 5.10 Å². The number of alkyl halides is 3. The summed E-state index contributed by atoms with van der Waals surface area (Å²) in [5.74, 6) is 0. The van der Waals surface area contributed by atoms with Crippen LogP contribution >= 0.6 is 0 Å². The minimum absolute atomic E-state index is 0.164. The molecule has 0 saturated carbocycles. The first-order valence-electron chi connectivity index (χ1n) is 6.22. The monoisotopic (exact) mass is 270 g/mol. The highest BCUT2D eigenvalue weighted by atomic mass is 19.4. The minimum atomic E-state index is -4.32. The molecule has 3 nitrogen and oxygen atoms in total. The molecule has 0 aliphatic carbocycles. The molecule has 2 aromatic rings. The molecular formula is C13H13F3N2O. The van der Waals surface area contributed by atoms with E-state index in [0.29, 0.717) is 17.5 Å². The molecule has 0 bridgehead atoms. The lowest BCUT2D eigenvalue weighted by Gasteiger charge is -2.23. The number of fused-ring (bicyclic) bond motifs is 1. The summed E-state index contributed by atoms with van der Waals surface area (Å²) in [5.41, 5.74) is 0.0315. The van der Waals surface area contributed by atoms with Gasteiger partial charge in [-0.05, 0) is 37.5 Å². The third-order valence-corrected chi connectivity index (χ3v) is 3.35. The van der Waals surface area contributed by atoms with E-state index < -0.39 is 11.7 Å². The molecule has 1 saturated heterocycles. The van der Waals surface area contributed by atoms with Gasteiger partial charge in [0.1, 0.15) is 0 Å². The lowest BCUT2D eigenvalue weighted by atomic mass is 10.1. The SMILES string of the molecule is FC(F)(F)c1ccc2c(cnn2C2CCCCO2)c1. The smallest absolute Gasteiger partial charge is 0.356 e. The molecule has 2 heterocycles. The molecule has 1 aromatic heterocycles. The fourth-order valence-corrected chi connectivity index (χ4v) is 2.38. The first kappa shape index (κ1) is 12.5. The van der Waals surface area contributed by atoms with Crippen LogP contribution in [0.1, 0.15) is 31.1 Å². The van der Waals surface area contributed by atoms with Crippen LogP contribution in [0, 0.1) is 0 Å². The molecule has 1 atom stereocenters. The van der Waals surface area contributed by atoms with Crippen LogP contribution in [0.25, 0.3) is 10.9 Å². The molecule has 1 aliphatic heterocycles. The lowest BCUT2D eigenvalue weighted by molar-refractivity contribution is -0.137. The number of benzene rings is 1. The standard InChI is InChI=1S/C13H13F3N2O/c14-13(15,16)10-4-5-11-9(7-10)8-17-18(11)12-3-1-2-6-19-12/h4-5,7-8,12H,1-3,6H2. The molecular weight excluding hydrogens is 257 g/mol. The quantitative estimate of drug-likeness (QED) is 0.789. The summed E-state index contributed by atoms with van der Waals surface area (Å²) >= 11 is 0. The van der Waals surface area contributed by atoms with Gasteiger partial charge in [-0.3, -0.25) is 0 Å². The van der Waals surface area contributed by atoms with Crippen molar-refractivity contribution in [2.45, 2.75) is 31.7 Å². The van der Waals surface area contributed by atoms with E-state index in [1.807, 2.05) is 0 Å². The summed E-state index contributed by atoms with van der Waals surface area (Å²) in [7, 11) is 0. The Labute approximate surface area is 108 Å². The summed E-state index contributed by atoms with van der Waals surface area (Å²) in [4.78, 5) is 0. The van der Waals surface area contributed by atoms with Crippen LogP contribution in [0.2, 0.25) is 0 Å². The average molecular weight is 270 g/mol. The summed E-state index contributed by atoms with van der Waals surface area (Å²) in [6, 6.07) is 3.67. The van der Waals surface area contributed by atoms with Crippen molar-refractivity contribution in [3.63, 3.8) is 0 Å². The Kier molecular flexibility index (Phi) is 2.97. The minimum Gasteiger partial charge on any atom is -0.356 e. The van der Waals surface area contributed by atoms with Crippen molar-refractivity contribution in [3.8, 4) is 0 Å². The molecule has 1 unspecified atom stereocenters. The fourth-order valence-electron chi connectivity index (χ4n) is 2.38. The van der Waals surface area contributed by atoms with Gasteiger partial charge >= 0.3 is 6.18 Å². The van der Waals surface area contributed by atoms with Gasteiger partial charge in [-0.2, -0.15) is 18.3 Å². The highest BCUT2D eigenvalue weighted by molar-refractivity contribution is 5.79. The maximum absolute atomic E-state index is 12.6. The molecule has 1 fully saturated rings. The van der Waals surface area contributed by atoms with Gasteiger partial charge in [-0.15, -0.1) is 0 Å².